The van der Waals surface area contributed by atoms with Crippen molar-refractivity contribution < 1.29 is 32.6 Å². The lowest BCUT2D eigenvalue weighted by atomic mass is 9.75. The van der Waals surface area contributed by atoms with Gasteiger partial charge >= 0.3 is 5.97 Å². The van der Waals surface area contributed by atoms with Crippen LogP contribution in [0.25, 0.3) is 4.85 Å². The number of carbonyl (C=O) groups is 2. The zero-order valence-corrected chi connectivity index (χ0v) is 39.4. The van der Waals surface area contributed by atoms with Crippen molar-refractivity contribution in [2.24, 2.45) is 17.8 Å². The first-order valence-electron chi connectivity index (χ1n) is 22.7. The van der Waals surface area contributed by atoms with Gasteiger partial charge in [0.05, 0.1) is 25.3 Å². The molecule has 6 aromatic rings. The fourth-order valence-corrected chi connectivity index (χ4v) is 9.54. The summed E-state index contributed by atoms with van der Waals surface area (Å²) in [7, 11) is -2.43. The highest BCUT2D eigenvalue weighted by Crippen LogP contribution is 2.45. The van der Waals surface area contributed by atoms with Gasteiger partial charge in [0.15, 0.2) is 19.8 Å². The molecule has 0 spiro atoms. The minimum absolute atomic E-state index is 0.124. The van der Waals surface area contributed by atoms with E-state index in [2.05, 4.69) is 44.0 Å². The maximum Gasteiger partial charge on any atom is 0.316 e. The van der Waals surface area contributed by atoms with Crippen molar-refractivity contribution in [3.8, 4) is 11.5 Å². The van der Waals surface area contributed by atoms with Gasteiger partial charge in [0, 0.05) is 29.2 Å². The second-order valence-corrected chi connectivity index (χ2v) is 23.3. The van der Waals surface area contributed by atoms with Gasteiger partial charge in [-0.1, -0.05) is 136 Å². The van der Waals surface area contributed by atoms with Gasteiger partial charge < -0.3 is 24.0 Å². The number of hydrogen-bond acceptors (Lipinski definition) is 7. The molecule has 1 saturated heterocycles. The Morgan fingerprint density at radius 1 is 0.788 bits per heavy atom. The molecule has 0 aliphatic carbocycles. The van der Waals surface area contributed by atoms with Crippen LogP contribution in [0.3, 0.4) is 0 Å². The average Bonchev–Trinajstić information content (AvgIpc) is 3.69. The SMILES string of the molecule is [C-]#[N+]c1ccc(N[C@H](c2ccc(OCc3ccccc3)cc2OCc2ccccc2)[C@@H](CC[C@@H](O[Si](C)(C)C(C)(C)C)c2ccc(F)cc2)C(=O)C2C(=O)OC[C@@H]2Cc2ccccc2)cc1. The van der Waals surface area contributed by atoms with Gasteiger partial charge in [-0.05, 0) is 96.0 Å². The third-order valence-electron chi connectivity index (χ3n) is 12.9. The zero-order chi connectivity index (χ0) is 46.7. The number of carbonyl (C=O) groups excluding carboxylic acids is 2. The van der Waals surface area contributed by atoms with E-state index in [1.165, 1.54) is 12.1 Å². The molecule has 10 heteroatoms. The molecule has 1 fully saturated rings. The first-order chi connectivity index (χ1) is 31.8. The van der Waals surface area contributed by atoms with Crippen LogP contribution in [0.2, 0.25) is 18.1 Å². The Labute approximate surface area is 390 Å². The number of benzene rings is 6. The Balaban J connectivity index is 1.36. The van der Waals surface area contributed by atoms with Crippen LogP contribution in [-0.4, -0.2) is 26.7 Å². The Morgan fingerprint density at radius 2 is 1.38 bits per heavy atom. The summed E-state index contributed by atoms with van der Waals surface area (Å²) in [6.07, 6.45) is 0.655. The van der Waals surface area contributed by atoms with Crippen molar-refractivity contribution in [1.29, 1.82) is 0 Å². The maximum absolute atomic E-state index is 15.8. The van der Waals surface area contributed by atoms with E-state index in [1.807, 2.05) is 121 Å². The molecule has 5 atom stereocenters. The molecule has 1 aliphatic rings. The van der Waals surface area contributed by atoms with Crippen LogP contribution >= 0.6 is 0 Å². The van der Waals surface area contributed by atoms with E-state index in [1.54, 1.807) is 24.3 Å². The standard InChI is InChI=1S/C56H59FN2O6Si/c1-56(2,3)66(5,6)65-50(42-22-24-44(57)25-23-42)33-32-49(54(60)52-43(38-64-55(52)61)34-39-16-10-7-11-17-39)53(59-46-28-26-45(58-4)27-29-46)48-31-30-47(62-36-40-18-12-8-13-19-40)35-51(48)63-37-41-20-14-9-15-21-41/h7-31,35,43,49-50,52-53,59H,32-34,36-38H2,1-3,5-6H3/t43-,49+,50+,52?,53+/m0/s1. The van der Waals surface area contributed by atoms with E-state index in [0.29, 0.717) is 47.9 Å². The van der Waals surface area contributed by atoms with Crippen molar-refractivity contribution in [1.82, 2.24) is 0 Å². The smallest absolute Gasteiger partial charge is 0.316 e. The number of cyclic esters (lactones) is 1. The minimum atomic E-state index is -2.43. The fourth-order valence-electron chi connectivity index (χ4n) is 8.22. The second-order valence-electron chi connectivity index (χ2n) is 18.6. The average molecular weight is 903 g/mol. The highest BCUT2D eigenvalue weighted by atomic mass is 28.4. The monoisotopic (exact) mass is 902 g/mol. The first-order valence-corrected chi connectivity index (χ1v) is 25.6. The summed E-state index contributed by atoms with van der Waals surface area (Å²) in [4.78, 5) is 33.4. The van der Waals surface area contributed by atoms with Gasteiger partial charge in [0.25, 0.3) is 0 Å². The van der Waals surface area contributed by atoms with Gasteiger partial charge in [-0.15, -0.1) is 0 Å². The molecule has 0 aromatic heterocycles. The molecule has 0 amide bonds. The van der Waals surface area contributed by atoms with Crippen LogP contribution in [-0.2, 0) is 38.4 Å². The molecular weight excluding hydrogens is 844 g/mol. The van der Waals surface area contributed by atoms with Crippen LogP contribution in [0.1, 0.15) is 73.6 Å². The number of ether oxygens (including phenoxy) is 3. The summed E-state index contributed by atoms with van der Waals surface area (Å²) in [5, 5.41) is 3.57. The van der Waals surface area contributed by atoms with E-state index in [0.717, 1.165) is 22.3 Å². The summed E-state index contributed by atoms with van der Waals surface area (Å²) in [6.45, 7) is 19.2. The van der Waals surface area contributed by atoms with Crippen molar-refractivity contribution >= 4 is 31.4 Å². The van der Waals surface area contributed by atoms with Crippen LogP contribution in [0.4, 0.5) is 15.8 Å². The number of Topliss-reactive ketones (excluding diaryl/α,β-unsaturated/α-hetero) is 1. The Bertz CT molecular complexity index is 2560. The predicted octanol–water partition coefficient (Wildman–Crippen LogP) is 13.4. The van der Waals surface area contributed by atoms with Gasteiger partial charge in [0.2, 0.25) is 0 Å². The molecule has 0 bridgehead atoms. The van der Waals surface area contributed by atoms with Gasteiger partial charge in [0.1, 0.15) is 36.4 Å². The summed E-state index contributed by atoms with van der Waals surface area (Å²) >= 11 is 0. The number of halogens is 1. The van der Waals surface area contributed by atoms with E-state index in [9.17, 15) is 9.18 Å². The van der Waals surface area contributed by atoms with E-state index < -0.39 is 44.2 Å². The summed E-state index contributed by atoms with van der Waals surface area (Å²) < 4.78 is 40.4. The first kappa shape index (κ1) is 47.4. The number of esters is 1. The summed E-state index contributed by atoms with van der Waals surface area (Å²) in [5.41, 5.74) is 5.59. The molecule has 1 aliphatic heterocycles. The topological polar surface area (TPSA) is 87.5 Å². The number of rotatable bonds is 20. The lowest BCUT2D eigenvalue weighted by molar-refractivity contribution is -0.146. The number of anilines is 1. The van der Waals surface area contributed by atoms with Crippen molar-refractivity contribution in [3.63, 3.8) is 0 Å². The summed E-state index contributed by atoms with van der Waals surface area (Å²) in [5.74, 6) is -2.35. The van der Waals surface area contributed by atoms with Gasteiger partial charge in [-0.3, -0.25) is 9.59 Å². The molecule has 8 nitrogen and oxygen atoms in total. The van der Waals surface area contributed by atoms with E-state index in [-0.39, 0.29) is 36.3 Å². The van der Waals surface area contributed by atoms with Crippen LogP contribution in [0.5, 0.6) is 11.5 Å². The van der Waals surface area contributed by atoms with Crippen molar-refractivity contribution in [2.45, 2.75) is 83.5 Å². The molecular formula is C56H59FN2O6Si. The number of nitrogens with zero attached hydrogens (tertiary/aromatic N) is 1. The minimum Gasteiger partial charge on any atom is -0.489 e. The zero-order valence-electron chi connectivity index (χ0n) is 38.4. The Kier molecular flexibility index (Phi) is 15.5. The molecule has 1 heterocycles. The van der Waals surface area contributed by atoms with Gasteiger partial charge in [-0.2, -0.15) is 0 Å². The Hall–Kier alpha value is -6.54. The third-order valence-corrected chi connectivity index (χ3v) is 17.4. The maximum atomic E-state index is 15.8. The van der Waals surface area contributed by atoms with Crippen molar-refractivity contribution in [3.05, 3.63) is 203 Å². The highest BCUT2D eigenvalue weighted by molar-refractivity contribution is 6.74. The van der Waals surface area contributed by atoms with Crippen LogP contribution < -0.4 is 14.8 Å². The lowest BCUT2D eigenvalue weighted by Crippen LogP contribution is -2.42. The molecule has 66 heavy (non-hydrogen) atoms. The van der Waals surface area contributed by atoms with Crippen molar-refractivity contribution in [2.75, 3.05) is 11.9 Å². The molecule has 7 rings (SSSR count). The van der Waals surface area contributed by atoms with E-state index >= 15 is 4.79 Å². The van der Waals surface area contributed by atoms with Crippen LogP contribution in [0.15, 0.2) is 158 Å². The molecule has 1 N–H and O–H groups in total. The van der Waals surface area contributed by atoms with Gasteiger partial charge in [-0.25, -0.2) is 9.24 Å². The molecule has 6 aromatic carbocycles. The second kappa shape index (κ2) is 21.6. The lowest BCUT2D eigenvalue weighted by Gasteiger charge is -2.40. The molecule has 340 valence electrons. The number of ketones is 1. The molecule has 0 saturated carbocycles. The Morgan fingerprint density at radius 3 is 1.97 bits per heavy atom. The number of nitrogens with one attached hydrogen (secondary N) is 1. The van der Waals surface area contributed by atoms with E-state index in [4.69, 9.17) is 25.2 Å². The van der Waals surface area contributed by atoms with Crippen LogP contribution in [0, 0.1) is 30.1 Å². The number of hydrogen-bond donors (Lipinski definition) is 1. The quantitative estimate of drug-likeness (QED) is 0.0353. The summed E-state index contributed by atoms with van der Waals surface area (Å²) in [6, 6.07) is 48.1. The normalized spacial score (nSPS) is 16.3. The fraction of sp³-hybridized carbons (Fsp3) is 0.304. The highest BCUT2D eigenvalue weighted by Gasteiger charge is 2.47. The largest absolute Gasteiger partial charge is 0.489 e. The molecule has 1 unspecified atom stereocenters. The third kappa shape index (κ3) is 12.2. The predicted molar refractivity (Wildman–Crippen MR) is 260 cm³/mol. The molecule has 0 radical (unpaired) electrons.